The Kier molecular flexibility index (Phi) is 2.67. The van der Waals surface area contributed by atoms with E-state index in [1.54, 1.807) is 0 Å². The summed E-state index contributed by atoms with van der Waals surface area (Å²) >= 11 is 0. The average molecular weight is 168 g/mol. The second kappa shape index (κ2) is 3.94. The van der Waals surface area contributed by atoms with Crippen molar-refractivity contribution >= 4 is 0 Å². The molecule has 2 aliphatic heterocycles. The van der Waals surface area contributed by atoms with Crippen LogP contribution in [-0.4, -0.2) is 19.8 Å². The molecule has 1 saturated heterocycles. The fourth-order valence-electron chi connectivity index (χ4n) is 1.97. The third kappa shape index (κ3) is 2.01. The second-order valence-corrected chi connectivity index (χ2v) is 3.74. The van der Waals surface area contributed by atoms with Gasteiger partial charge in [0.05, 0.1) is 12.9 Å². The molecule has 0 aromatic carbocycles. The summed E-state index contributed by atoms with van der Waals surface area (Å²) in [5.74, 6) is 1.42. The van der Waals surface area contributed by atoms with Gasteiger partial charge in [0, 0.05) is 19.1 Å². The van der Waals surface area contributed by atoms with Crippen LogP contribution < -0.4 is 0 Å². The molecule has 0 N–H and O–H groups in total. The van der Waals surface area contributed by atoms with Gasteiger partial charge in [-0.05, 0) is 31.3 Å². The molecular weight excluding hydrogens is 152 g/mol. The predicted octanol–water partition coefficient (Wildman–Crippen LogP) is 1.96. The van der Waals surface area contributed by atoms with E-state index in [1.165, 1.54) is 19.3 Å². The SMILES string of the molecule is C1=CC(CC2CCCOC2)CO1. The lowest BCUT2D eigenvalue weighted by atomic mass is 9.91. The van der Waals surface area contributed by atoms with Crippen LogP contribution in [0.1, 0.15) is 19.3 Å². The first-order valence-corrected chi connectivity index (χ1v) is 4.81. The Hall–Kier alpha value is -0.500. The monoisotopic (exact) mass is 168 g/mol. The summed E-state index contributed by atoms with van der Waals surface area (Å²) in [7, 11) is 0. The molecule has 2 heterocycles. The van der Waals surface area contributed by atoms with E-state index in [-0.39, 0.29) is 0 Å². The molecule has 0 amide bonds. The zero-order chi connectivity index (χ0) is 8.23. The number of hydrogen-bond donors (Lipinski definition) is 0. The Labute approximate surface area is 73.5 Å². The molecule has 2 heteroatoms. The van der Waals surface area contributed by atoms with Gasteiger partial charge in [-0.15, -0.1) is 0 Å². The van der Waals surface area contributed by atoms with Gasteiger partial charge in [-0.1, -0.05) is 0 Å². The van der Waals surface area contributed by atoms with Crippen LogP contribution >= 0.6 is 0 Å². The molecule has 1 fully saturated rings. The van der Waals surface area contributed by atoms with Crippen LogP contribution in [0.4, 0.5) is 0 Å². The highest BCUT2D eigenvalue weighted by Crippen LogP contribution is 2.24. The van der Waals surface area contributed by atoms with Gasteiger partial charge in [0.2, 0.25) is 0 Å². The van der Waals surface area contributed by atoms with Crippen molar-refractivity contribution < 1.29 is 9.47 Å². The van der Waals surface area contributed by atoms with Gasteiger partial charge in [-0.25, -0.2) is 0 Å². The molecule has 2 unspecified atom stereocenters. The Morgan fingerprint density at radius 3 is 3.00 bits per heavy atom. The number of ether oxygens (including phenoxy) is 2. The maximum atomic E-state index is 5.43. The van der Waals surface area contributed by atoms with Gasteiger partial charge in [-0.3, -0.25) is 0 Å². The summed E-state index contributed by atoms with van der Waals surface area (Å²) in [5, 5.41) is 0. The van der Waals surface area contributed by atoms with E-state index in [2.05, 4.69) is 6.08 Å². The molecule has 2 atom stereocenters. The quantitative estimate of drug-likeness (QED) is 0.627. The summed E-state index contributed by atoms with van der Waals surface area (Å²) in [6, 6.07) is 0. The smallest absolute Gasteiger partial charge is 0.0937 e. The van der Waals surface area contributed by atoms with Crippen molar-refractivity contribution in [2.45, 2.75) is 19.3 Å². The highest BCUT2D eigenvalue weighted by atomic mass is 16.5. The van der Waals surface area contributed by atoms with Crippen LogP contribution in [-0.2, 0) is 9.47 Å². The molecule has 0 radical (unpaired) electrons. The molecule has 0 aromatic heterocycles. The summed E-state index contributed by atoms with van der Waals surface area (Å²) in [5.41, 5.74) is 0. The van der Waals surface area contributed by atoms with Crippen molar-refractivity contribution in [1.29, 1.82) is 0 Å². The maximum absolute atomic E-state index is 5.43. The highest BCUT2D eigenvalue weighted by Gasteiger charge is 2.19. The molecule has 0 aromatic rings. The zero-order valence-corrected chi connectivity index (χ0v) is 7.37. The van der Waals surface area contributed by atoms with Crippen molar-refractivity contribution in [3.8, 4) is 0 Å². The Balaban J connectivity index is 1.73. The second-order valence-electron chi connectivity index (χ2n) is 3.74. The van der Waals surface area contributed by atoms with Crippen molar-refractivity contribution in [3.63, 3.8) is 0 Å². The third-order valence-corrected chi connectivity index (χ3v) is 2.65. The van der Waals surface area contributed by atoms with Gasteiger partial charge in [0.1, 0.15) is 0 Å². The number of hydrogen-bond acceptors (Lipinski definition) is 2. The van der Waals surface area contributed by atoms with Gasteiger partial charge in [-0.2, -0.15) is 0 Å². The lowest BCUT2D eigenvalue weighted by Crippen LogP contribution is -2.20. The molecule has 0 aliphatic carbocycles. The minimum atomic E-state index is 0.650. The fourth-order valence-corrected chi connectivity index (χ4v) is 1.97. The third-order valence-electron chi connectivity index (χ3n) is 2.65. The summed E-state index contributed by atoms with van der Waals surface area (Å²) in [4.78, 5) is 0. The van der Waals surface area contributed by atoms with Crippen LogP contribution in [0.2, 0.25) is 0 Å². The Morgan fingerprint density at radius 1 is 1.33 bits per heavy atom. The normalized spacial score (nSPS) is 35.0. The van der Waals surface area contributed by atoms with Crippen molar-refractivity contribution in [2.24, 2.45) is 11.8 Å². The molecule has 0 spiro atoms. The molecule has 0 bridgehead atoms. The molecule has 12 heavy (non-hydrogen) atoms. The summed E-state index contributed by atoms with van der Waals surface area (Å²) in [6.07, 6.45) is 7.83. The first kappa shape index (κ1) is 8.11. The number of rotatable bonds is 2. The van der Waals surface area contributed by atoms with Crippen LogP contribution in [0.25, 0.3) is 0 Å². The molecule has 2 rings (SSSR count). The van der Waals surface area contributed by atoms with Gasteiger partial charge in [0.15, 0.2) is 0 Å². The summed E-state index contributed by atoms with van der Waals surface area (Å²) in [6.45, 7) is 2.81. The van der Waals surface area contributed by atoms with Crippen molar-refractivity contribution in [1.82, 2.24) is 0 Å². The van der Waals surface area contributed by atoms with Crippen molar-refractivity contribution in [2.75, 3.05) is 19.8 Å². The van der Waals surface area contributed by atoms with Crippen LogP contribution in [0.15, 0.2) is 12.3 Å². The van der Waals surface area contributed by atoms with Gasteiger partial charge >= 0.3 is 0 Å². The lowest BCUT2D eigenvalue weighted by Gasteiger charge is -2.23. The van der Waals surface area contributed by atoms with Crippen LogP contribution in [0.3, 0.4) is 0 Å². The van der Waals surface area contributed by atoms with Gasteiger partial charge < -0.3 is 9.47 Å². The average Bonchev–Trinajstić information content (AvgIpc) is 2.59. The largest absolute Gasteiger partial charge is 0.501 e. The van der Waals surface area contributed by atoms with E-state index in [0.717, 1.165) is 25.7 Å². The summed E-state index contributed by atoms with van der Waals surface area (Å²) < 4.78 is 10.6. The van der Waals surface area contributed by atoms with E-state index in [4.69, 9.17) is 9.47 Å². The van der Waals surface area contributed by atoms with E-state index < -0.39 is 0 Å². The topological polar surface area (TPSA) is 18.5 Å². The minimum Gasteiger partial charge on any atom is -0.501 e. The molecule has 68 valence electrons. The molecule has 0 saturated carbocycles. The van der Waals surface area contributed by atoms with Crippen LogP contribution in [0.5, 0.6) is 0 Å². The fraction of sp³-hybridized carbons (Fsp3) is 0.800. The lowest BCUT2D eigenvalue weighted by molar-refractivity contribution is 0.0454. The van der Waals surface area contributed by atoms with Crippen LogP contribution in [0, 0.1) is 11.8 Å². The van der Waals surface area contributed by atoms with Crippen molar-refractivity contribution in [3.05, 3.63) is 12.3 Å². The highest BCUT2D eigenvalue weighted by molar-refractivity contribution is 4.90. The Morgan fingerprint density at radius 2 is 2.33 bits per heavy atom. The van der Waals surface area contributed by atoms with Gasteiger partial charge in [0.25, 0.3) is 0 Å². The molecular formula is C10H16O2. The molecule has 2 nitrogen and oxygen atoms in total. The first-order valence-electron chi connectivity index (χ1n) is 4.81. The predicted molar refractivity (Wildman–Crippen MR) is 46.7 cm³/mol. The minimum absolute atomic E-state index is 0.650. The standard InChI is InChI=1S/C10H16O2/c1-2-9(7-11-4-1)6-10-3-5-12-8-10/h3,5,9-10H,1-2,4,6-8H2. The van der Waals surface area contributed by atoms with E-state index in [9.17, 15) is 0 Å². The van der Waals surface area contributed by atoms with E-state index >= 15 is 0 Å². The zero-order valence-electron chi connectivity index (χ0n) is 7.37. The first-order chi connectivity index (χ1) is 5.95. The Bertz CT molecular complexity index is 159. The maximum Gasteiger partial charge on any atom is 0.0937 e. The van der Waals surface area contributed by atoms with E-state index in [0.29, 0.717) is 5.92 Å². The molecule has 2 aliphatic rings. The van der Waals surface area contributed by atoms with E-state index in [1.807, 2.05) is 6.26 Å².